The Morgan fingerprint density at radius 1 is 1.06 bits per heavy atom. The first-order valence-corrected chi connectivity index (χ1v) is 11.2. The van der Waals surface area contributed by atoms with E-state index in [1.54, 1.807) is 18.6 Å². The highest BCUT2D eigenvalue weighted by Gasteiger charge is 2.20. The summed E-state index contributed by atoms with van der Waals surface area (Å²) in [6.45, 7) is 0.530. The zero-order valence-corrected chi connectivity index (χ0v) is 18.3. The Balaban J connectivity index is 1.44. The van der Waals surface area contributed by atoms with Crippen molar-refractivity contribution in [1.29, 1.82) is 0 Å². The van der Waals surface area contributed by atoms with E-state index in [4.69, 9.17) is 11.6 Å². The zero-order chi connectivity index (χ0) is 22.1. The van der Waals surface area contributed by atoms with Crippen molar-refractivity contribution in [3.63, 3.8) is 0 Å². The molecule has 0 spiro atoms. The Labute approximate surface area is 190 Å². The first kappa shape index (κ1) is 20.9. The molecule has 0 amide bonds. The van der Waals surface area contributed by atoms with Crippen molar-refractivity contribution in [2.45, 2.75) is 44.4 Å². The number of aromatic nitrogens is 3. The Hall–Kier alpha value is -2.96. The minimum atomic E-state index is -0.247. The zero-order valence-electron chi connectivity index (χ0n) is 17.5. The fourth-order valence-corrected chi connectivity index (χ4v) is 4.56. The first-order valence-electron chi connectivity index (χ1n) is 10.8. The molecule has 5 rings (SSSR count). The second-order valence-corrected chi connectivity index (χ2v) is 8.81. The van der Waals surface area contributed by atoms with Crippen LogP contribution in [0.25, 0.3) is 22.2 Å². The lowest BCUT2D eigenvalue weighted by atomic mass is 9.93. The Kier molecular flexibility index (Phi) is 5.81. The number of aliphatic hydroxyl groups excluding tert-OH is 1. The van der Waals surface area contributed by atoms with Gasteiger partial charge in [0.05, 0.1) is 28.5 Å². The molecule has 7 heteroatoms. The number of hydrogen-bond acceptors (Lipinski definition) is 4. The number of nitrogens with one attached hydrogen (secondary N) is 1. The third-order valence-corrected chi connectivity index (χ3v) is 6.38. The number of halogens is 2. The van der Waals surface area contributed by atoms with Gasteiger partial charge in [-0.2, -0.15) is 0 Å². The van der Waals surface area contributed by atoms with E-state index >= 15 is 0 Å². The van der Waals surface area contributed by atoms with E-state index in [0.29, 0.717) is 17.6 Å². The summed E-state index contributed by atoms with van der Waals surface area (Å²) >= 11 is 6.52. The molecule has 0 aliphatic heterocycles. The molecule has 2 heterocycles. The van der Waals surface area contributed by atoms with E-state index in [-0.39, 0.29) is 11.9 Å². The molecule has 5 nitrogen and oxygen atoms in total. The van der Waals surface area contributed by atoms with Crippen molar-refractivity contribution in [2.75, 3.05) is 5.32 Å². The fourth-order valence-electron chi connectivity index (χ4n) is 4.35. The molecule has 32 heavy (non-hydrogen) atoms. The SMILES string of the molecule is O[C@H]1CC[C@H](Nc2cc(-c3ccc4ncn(Cc5cccc(F)c5)c4c3)c(Cl)cn2)CC1. The van der Waals surface area contributed by atoms with Crippen LogP contribution in [0.15, 0.2) is 61.1 Å². The topological polar surface area (TPSA) is 63.0 Å². The van der Waals surface area contributed by atoms with Crippen LogP contribution in [0.1, 0.15) is 31.2 Å². The van der Waals surface area contributed by atoms with Crippen LogP contribution in [0.5, 0.6) is 0 Å². The summed E-state index contributed by atoms with van der Waals surface area (Å²) < 4.78 is 15.6. The average Bonchev–Trinajstić information content (AvgIpc) is 3.18. The van der Waals surface area contributed by atoms with Gasteiger partial charge in [-0.3, -0.25) is 0 Å². The van der Waals surface area contributed by atoms with Crippen molar-refractivity contribution in [2.24, 2.45) is 0 Å². The predicted octanol–water partition coefficient (Wildman–Crippen LogP) is 5.65. The first-order chi connectivity index (χ1) is 15.5. The van der Waals surface area contributed by atoms with Gasteiger partial charge in [0, 0.05) is 24.3 Å². The molecule has 164 valence electrons. The van der Waals surface area contributed by atoms with Crippen LogP contribution < -0.4 is 5.32 Å². The van der Waals surface area contributed by atoms with Gasteiger partial charge in [-0.25, -0.2) is 14.4 Å². The Morgan fingerprint density at radius 3 is 2.72 bits per heavy atom. The molecule has 0 bridgehead atoms. The van der Waals surface area contributed by atoms with E-state index < -0.39 is 0 Å². The number of rotatable bonds is 5. The monoisotopic (exact) mass is 450 g/mol. The van der Waals surface area contributed by atoms with E-state index in [0.717, 1.165) is 59.2 Å². The number of benzene rings is 2. The van der Waals surface area contributed by atoms with Gasteiger partial charge in [0.25, 0.3) is 0 Å². The van der Waals surface area contributed by atoms with Gasteiger partial charge in [-0.1, -0.05) is 29.8 Å². The quantitative estimate of drug-likeness (QED) is 0.412. The lowest BCUT2D eigenvalue weighted by Gasteiger charge is -2.26. The normalized spacial score (nSPS) is 18.7. The summed E-state index contributed by atoms with van der Waals surface area (Å²) in [6.07, 6.45) is 6.72. The lowest BCUT2D eigenvalue weighted by molar-refractivity contribution is 0.126. The molecule has 1 aliphatic carbocycles. The summed E-state index contributed by atoms with van der Waals surface area (Å²) in [4.78, 5) is 8.94. The summed E-state index contributed by atoms with van der Waals surface area (Å²) in [5.41, 5.74) is 4.55. The molecular weight excluding hydrogens is 427 g/mol. The molecule has 1 aliphatic rings. The number of pyridine rings is 1. The summed E-state index contributed by atoms with van der Waals surface area (Å²) in [5, 5.41) is 13.8. The van der Waals surface area contributed by atoms with Gasteiger partial charge in [0.1, 0.15) is 11.6 Å². The number of aliphatic hydroxyl groups is 1. The smallest absolute Gasteiger partial charge is 0.126 e. The van der Waals surface area contributed by atoms with Gasteiger partial charge in [0.2, 0.25) is 0 Å². The molecule has 2 N–H and O–H groups in total. The highest BCUT2D eigenvalue weighted by molar-refractivity contribution is 6.33. The fraction of sp³-hybridized carbons (Fsp3) is 0.280. The van der Waals surface area contributed by atoms with Gasteiger partial charge >= 0.3 is 0 Å². The van der Waals surface area contributed by atoms with Crippen LogP contribution in [-0.2, 0) is 6.54 Å². The van der Waals surface area contributed by atoms with Crippen LogP contribution in [0, 0.1) is 5.82 Å². The van der Waals surface area contributed by atoms with E-state index in [9.17, 15) is 9.50 Å². The van der Waals surface area contributed by atoms with Crippen LogP contribution in [0.3, 0.4) is 0 Å². The van der Waals surface area contributed by atoms with E-state index in [1.807, 2.05) is 28.8 Å². The lowest BCUT2D eigenvalue weighted by Crippen LogP contribution is -2.28. The molecule has 1 fully saturated rings. The second kappa shape index (κ2) is 8.88. The molecule has 2 aromatic carbocycles. The Morgan fingerprint density at radius 2 is 1.91 bits per heavy atom. The van der Waals surface area contributed by atoms with Crippen LogP contribution >= 0.6 is 11.6 Å². The molecule has 0 atom stereocenters. The number of nitrogens with zero attached hydrogens (tertiary/aromatic N) is 3. The van der Waals surface area contributed by atoms with Crippen LogP contribution in [0.2, 0.25) is 5.02 Å². The van der Waals surface area contributed by atoms with Crippen molar-refractivity contribution in [3.8, 4) is 11.1 Å². The minimum Gasteiger partial charge on any atom is -0.393 e. The minimum absolute atomic E-state index is 0.189. The summed E-state index contributed by atoms with van der Waals surface area (Å²) in [5.74, 6) is 0.530. The largest absolute Gasteiger partial charge is 0.393 e. The number of fused-ring (bicyclic) bond motifs is 1. The Bertz CT molecular complexity index is 1250. The van der Waals surface area contributed by atoms with Gasteiger partial charge in [-0.05, 0) is 67.1 Å². The predicted molar refractivity (Wildman–Crippen MR) is 125 cm³/mol. The highest BCUT2D eigenvalue weighted by atomic mass is 35.5. The van der Waals surface area contributed by atoms with Crippen molar-refractivity contribution in [1.82, 2.24) is 14.5 Å². The summed E-state index contributed by atoms with van der Waals surface area (Å²) in [7, 11) is 0. The van der Waals surface area contributed by atoms with Crippen LogP contribution in [0.4, 0.5) is 10.2 Å². The third-order valence-electron chi connectivity index (χ3n) is 6.08. The number of hydrogen-bond donors (Lipinski definition) is 2. The number of imidazole rings is 1. The maximum absolute atomic E-state index is 13.6. The highest BCUT2D eigenvalue weighted by Crippen LogP contribution is 2.32. The molecule has 0 saturated heterocycles. The van der Waals surface area contributed by atoms with Crippen LogP contribution in [-0.4, -0.2) is 31.8 Å². The average molecular weight is 451 g/mol. The molecule has 1 saturated carbocycles. The molecular formula is C25H24ClFN4O. The van der Waals surface area contributed by atoms with Crippen molar-refractivity contribution < 1.29 is 9.50 Å². The standard InChI is InChI=1S/C25H24ClFN4O/c26-22-13-28-25(30-19-5-7-20(32)8-6-19)12-21(22)17-4-9-23-24(11-17)31(15-29-23)14-16-2-1-3-18(27)10-16/h1-4,9-13,15,19-20,32H,5-8,14H2,(H,28,30)/t19-,20-. The second-order valence-electron chi connectivity index (χ2n) is 8.41. The molecule has 4 aromatic rings. The van der Waals surface area contributed by atoms with E-state index in [2.05, 4.69) is 21.4 Å². The van der Waals surface area contributed by atoms with Gasteiger partial charge in [-0.15, -0.1) is 0 Å². The molecule has 0 unspecified atom stereocenters. The maximum Gasteiger partial charge on any atom is 0.126 e. The summed E-state index contributed by atoms with van der Waals surface area (Å²) in [6, 6.07) is 14.9. The maximum atomic E-state index is 13.6. The number of anilines is 1. The molecule has 0 radical (unpaired) electrons. The third kappa shape index (κ3) is 4.47. The van der Waals surface area contributed by atoms with Gasteiger partial charge in [0.15, 0.2) is 0 Å². The van der Waals surface area contributed by atoms with Gasteiger partial charge < -0.3 is 15.0 Å². The van der Waals surface area contributed by atoms with E-state index in [1.165, 1.54) is 12.1 Å². The van der Waals surface area contributed by atoms with Crippen molar-refractivity contribution >= 4 is 28.5 Å². The molecule has 2 aromatic heterocycles. The van der Waals surface area contributed by atoms with Crippen molar-refractivity contribution in [3.05, 3.63) is 77.5 Å².